The number of benzene rings is 1. The van der Waals surface area contributed by atoms with E-state index in [0.29, 0.717) is 13.2 Å². The van der Waals surface area contributed by atoms with E-state index in [0.717, 1.165) is 17.7 Å². The molecule has 0 fully saturated rings. The van der Waals surface area contributed by atoms with Gasteiger partial charge in [-0.25, -0.2) is 4.68 Å². The van der Waals surface area contributed by atoms with E-state index in [1.807, 2.05) is 45.0 Å². The number of aromatic nitrogens is 2. The molecule has 6 heteroatoms. The van der Waals surface area contributed by atoms with Crippen molar-refractivity contribution in [2.24, 2.45) is 0 Å². The van der Waals surface area contributed by atoms with Crippen molar-refractivity contribution in [3.05, 3.63) is 51.4 Å². The minimum Gasteiger partial charge on any atom is -0.494 e. The molecule has 0 N–H and O–H groups in total. The molecule has 0 spiro atoms. The average Bonchev–Trinajstić information content (AvgIpc) is 2.54. The molecule has 1 aromatic heterocycles. The molecule has 0 atom stereocenters. The van der Waals surface area contributed by atoms with Gasteiger partial charge in [-0.3, -0.25) is 4.79 Å². The lowest BCUT2D eigenvalue weighted by molar-refractivity contribution is 0.291. The zero-order valence-electron chi connectivity index (χ0n) is 14.5. The van der Waals surface area contributed by atoms with Gasteiger partial charge in [0, 0.05) is 0 Å². The zero-order valence-corrected chi connectivity index (χ0v) is 15.3. The quantitative estimate of drug-likeness (QED) is 0.789. The van der Waals surface area contributed by atoms with Crippen LogP contribution in [0.3, 0.4) is 0 Å². The second kappa shape index (κ2) is 7.71. The van der Waals surface area contributed by atoms with Crippen molar-refractivity contribution in [2.45, 2.75) is 46.3 Å². The normalized spacial score (nSPS) is 11.4. The summed E-state index contributed by atoms with van der Waals surface area (Å²) in [4.78, 5) is 12.3. The fourth-order valence-electron chi connectivity index (χ4n) is 2.06. The zero-order chi connectivity index (χ0) is 17.7. The van der Waals surface area contributed by atoms with E-state index in [2.05, 4.69) is 12.0 Å². The third kappa shape index (κ3) is 4.51. The van der Waals surface area contributed by atoms with Gasteiger partial charge in [0.1, 0.15) is 12.4 Å². The van der Waals surface area contributed by atoms with Gasteiger partial charge >= 0.3 is 0 Å². The molecule has 0 aliphatic heterocycles. The molecule has 2 rings (SSSR count). The van der Waals surface area contributed by atoms with Gasteiger partial charge in [-0.15, -0.1) is 0 Å². The smallest absolute Gasteiger partial charge is 0.289 e. The molecule has 2 aromatic rings. The standard InChI is InChI=1S/C18H23ClN2O3/c1-5-10-23-14-8-6-13(7-9-14)12-24-15-11-20-21(18(2,3)4)17(22)16(15)19/h6-9,11H,5,10,12H2,1-4H3. The molecule has 24 heavy (non-hydrogen) atoms. The predicted molar refractivity (Wildman–Crippen MR) is 95.1 cm³/mol. The van der Waals surface area contributed by atoms with Crippen LogP contribution in [0.2, 0.25) is 5.02 Å². The lowest BCUT2D eigenvalue weighted by Gasteiger charge is -2.21. The van der Waals surface area contributed by atoms with Crippen molar-refractivity contribution in [3.8, 4) is 11.5 Å². The Kier molecular flexibility index (Phi) is 5.89. The Morgan fingerprint density at radius 2 is 1.83 bits per heavy atom. The number of halogens is 1. The highest BCUT2D eigenvalue weighted by molar-refractivity contribution is 6.31. The molecular weight excluding hydrogens is 328 g/mol. The van der Waals surface area contributed by atoms with Crippen LogP contribution in [-0.4, -0.2) is 16.4 Å². The molecule has 5 nitrogen and oxygen atoms in total. The van der Waals surface area contributed by atoms with Crippen LogP contribution in [0.1, 0.15) is 39.7 Å². The molecule has 0 saturated carbocycles. The van der Waals surface area contributed by atoms with Crippen LogP contribution in [0.15, 0.2) is 35.3 Å². The lowest BCUT2D eigenvalue weighted by atomic mass is 10.1. The highest BCUT2D eigenvalue weighted by Crippen LogP contribution is 2.22. The molecule has 0 amide bonds. The molecule has 0 unspecified atom stereocenters. The third-order valence-electron chi connectivity index (χ3n) is 3.31. The Morgan fingerprint density at radius 3 is 2.42 bits per heavy atom. The van der Waals surface area contributed by atoms with E-state index in [-0.39, 0.29) is 16.3 Å². The van der Waals surface area contributed by atoms with Crippen LogP contribution in [-0.2, 0) is 12.1 Å². The second-order valence-electron chi connectivity index (χ2n) is 6.49. The fourth-order valence-corrected chi connectivity index (χ4v) is 2.24. The van der Waals surface area contributed by atoms with Gasteiger partial charge in [-0.2, -0.15) is 5.10 Å². The summed E-state index contributed by atoms with van der Waals surface area (Å²) < 4.78 is 12.5. The Morgan fingerprint density at radius 1 is 1.17 bits per heavy atom. The molecule has 130 valence electrons. The SMILES string of the molecule is CCCOc1ccc(COc2cnn(C(C)(C)C)c(=O)c2Cl)cc1. The Bertz CT molecular complexity index is 733. The molecule has 0 aliphatic rings. The summed E-state index contributed by atoms with van der Waals surface area (Å²) in [6, 6.07) is 7.63. The second-order valence-corrected chi connectivity index (χ2v) is 6.87. The first-order chi connectivity index (χ1) is 11.3. The van der Waals surface area contributed by atoms with Gasteiger partial charge in [0.05, 0.1) is 18.3 Å². The Hall–Kier alpha value is -2.01. The van der Waals surface area contributed by atoms with E-state index in [1.165, 1.54) is 10.9 Å². The van der Waals surface area contributed by atoms with Crippen molar-refractivity contribution < 1.29 is 9.47 Å². The summed E-state index contributed by atoms with van der Waals surface area (Å²) in [5, 5.41) is 4.19. The number of hydrogen-bond acceptors (Lipinski definition) is 4. The molecule has 0 saturated heterocycles. The number of hydrogen-bond donors (Lipinski definition) is 0. The molecular formula is C18H23ClN2O3. The van der Waals surface area contributed by atoms with Crippen LogP contribution in [0.5, 0.6) is 11.5 Å². The largest absolute Gasteiger partial charge is 0.494 e. The molecule has 1 heterocycles. The maximum atomic E-state index is 12.3. The van der Waals surface area contributed by atoms with Crippen LogP contribution in [0, 0.1) is 0 Å². The summed E-state index contributed by atoms with van der Waals surface area (Å²) in [7, 11) is 0. The van der Waals surface area contributed by atoms with E-state index < -0.39 is 5.54 Å². The Labute approximate surface area is 147 Å². The topological polar surface area (TPSA) is 53.4 Å². The lowest BCUT2D eigenvalue weighted by Crippen LogP contribution is -2.36. The van der Waals surface area contributed by atoms with Crippen molar-refractivity contribution in [1.82, 2.24) is 9.78 Å². The summed E-state index contributed by atoms with van der Waals surface area (Å²) in [6.45, 7) is 8.73. The van der Waals surface area contributed by atoms with Gasteiger partial charge in [0.25, 0.3) is 5.56 Å². The van der Waals surface area contributed by atoms with Gasteiger partial charge in [-0.05, 0) is 44.9 Å². The molecule has 0 radical (unpaired) electrons. The van der Waals surface area contributed by atoms with Crippen LogP contribution in [0.4, 0.5) is 0 Å². The molecule has 1 aromatic carbocycles. The number of nitrogens with zero attached hydrogens (tertiary/aromatic N) is 2. The fraction of sp³-hybridized carbons (Fsp3) is 0.444. The third-order valence-corrected chi connectivity index (χ3v) is 3.66. The number of rotatable bonds is 6. The summed E-state index contributed by atoms with van der Waals surface area (Å²) in [5.74, 6) is 1.11. The monoisotopic (exact) mass is 350 g/mol. The van der Waals surface area contributed by atoms with Crippen molar-refractivity contribution >= 4 is 11.6 Å². The minimum absolute atomic E-state index is 0.0443. The highest BCUT2D eigenvalue weighted by Gasteiger charge is 2.19. The van der Waals surface area contributed by atoms with Crippen LogP contribution >= 0.6 is 11.6 Å². The van der Waals surface area contributed by atoms with Gasteiger partial charge < -0.3 is 9.47 Å². The summed E-state index contributed by atoms with van der Waals surface area (Å²) in [6.07, 6.45) is 2.45. The first kappa shape index (κ1) is 18.3. The van der Waals surface area contributed by atoms with Gasteiger partial charge in [0.2, 0.25) is 0 Å². The maximum absolute atomic E-state index is 12.3. The van der Waals surface area contributed by atoms with E-state index in [1.54, 1.807) is 0 Å². The van der Waals surface area contributed by atoms with Crippen LogP contribution in [0.25, 0.3) is 0 Å². The first-order valence-electron chi connectivity index (χ1n) is 7.95. The Balaban J connectivity index is 2.07. The van der Waals surface area contributed by atoms with Gasteiger partial charge in [-0.1, -0.05) is 30.7 Å². The minimum atomic E-state index is -0.437. The molecule has 0 bridgehead atoms. The van der Waals surface area contributed by atoms with Crippen molar-refractivity contribution in [1.29, 1.82) is 0 Å². The van der Waals surface area contributed by atoms with Crippen molar-refractivity contribution in [2.75, 3.05) is 6.61 Å². The van der Waals surface area contributed by atoms with E-state index >= 15 is 0 Å². The first-order valence-corrected chi connectivity index (χ1v) is 8.33. The predicted octanol–water partition coefficient (Wildman–Crippen LogP) is 4.02. The van der Waals surface area contributed by atoms with Crippen LogP contribution < -0.4 is 15.0 Å². The molecule has 0 aliphatic carbocycles. The maximum Gasteiger partial charge on any atom is 0.289 e. The van der Waals surface area contributed by atoms with Crippen molar-refractivity contribution in [3.63, 3.8) is 0 Å². The summed E-state index contributed by atoms with van der Waals surface area (Å²) in [5.41, 5.74) is 0.160. The average molecular weight is 351 g/mol. The van der Waals surface area contributed by atoms with E-state index in [4.69, 9.17) is 21.1 Å². The summed E-state index contributed by atoms with van der Waals surface area (Å²) >= 11 is 6.13. The number of ether oxygens (including phenoxy) is 2. The highest BCUT2D eigenvalue weighted by atomic mass is 35.5. The van der Waals surface area contributed by atoms with Gasteiger partial charge in [0.15, 0.2) is 10.8 Å². The van der Waals surface area contributed by atoms with E-state index in [9.17, 15) is 4.79 Å².